The van der Waals surface area contributed by atoms with Crippen LogP contribution in [-0.4, -0.2) is 33.8 Å². The van der Waals surface area contributed by atoms with Gasteiger partial charge < -0.3 is 15.1 Å². The smallest absolute Gasteiger partial charge is 0.235 e. The molecule has 2 aromatic heterocycles. The fourth-order valence-electron chi connectivity index (χ4n) is 3.69. The number of hydrogen-bond donors (Lipinski definition) is 1. The van der Waals surface area contributed by atoms with E-state index < -0.39 is 11.2 Å². The summed E-state index contributed by atoms with van der Waals surface area (Å²) in [5.41, 5.74) is 6.58. The zero-order valence-electron chi connectivity index (χ0n) is 16.4. The maximum Gasteiger partial charge on any atom is 0.235 e. The normalized spacial score (nSPS) is 18.0. The number of furan rings is 1. The van der Waals surface area contributed by atoms with E-state index in [2.05, 4.69) is 22.0 Å². The van der Waals surface area contributed by atoms with Gasteiger partial charge in [0.05, 0.1) is 12.8 Å². The Balaban J connectivity index is 1.67. The molecule has 1 saturated heterocycles. The molecule has 1 aliphatic heterocycles. The number of anilines is 1. The standard InChI is InChI=1S/C21H25N5O2S/c1-15-7-5-11-25(13-15)20-23-24-21(26(20)14-17-10-6-12-28-17)29-18(19(22)27)16-8-3-2-4-9-16/h2-4,6,8-10,12,15,18H,5,7,11,13-14H2,1H3,(H2,22,27). The molecule has 1 fully saturated rings. The number of hydrogen-bond acceptors (Lipinski definition) is 6. The van der Waals surface area contributed by atoms with Gasteiger partial charge in [-0.3, -0.25) is 9.36 Å². The maximum absolute atomic E-state index is 12.2. The van der Waals surface area contributed by atoms with Gasteiger partial charge in [0.2, 0.25) is 11.9 Å². The monoisotopic (exact) mass is 411 g/mol. The molecule has 2 unspecified atom stereocenters. The molecule has 2 N–H and O–H groups in total. The molecule has 0 aliphatic carbocycles. The molecular formula is C21H25N5O2S. The first-order valence-electron chi connectivity index (χ1n) is 9.83. The highest BCUT2D eigenvalue weighted by atomic mass is 32.2. The van der Waals surface area contributed by atoms with Gasteiger partial charge in [-0.2, -0.15) is 0 Å². The predicted molar refractivity (Wildman–Crippen MR) is 113 cm³/mol. The minimum absolute atomic E-state index is 0.401. The number of amides is 1. The lowest BCUT2D eigenvalue weighted by Crippen LogP contribution is -2.36. The second-order valence-corrected chi connectivity index (χ2v) is 8.52. The highest BCUT2D eigenvalue weighted by Gasteiger charge is 2.27. The fraction of sp³-hybridized carbons (Fsp3) is 0.381. The van der Waals surface area contributed by atoms with Gasteiger partial charge in [0.25, 0.3) is 0 Å². The summed E-state index contributed by atoms with van der Waals surface area (Å²) in [7, 11) is 0. The predicted octanol–water partition coefficient (Wildman–Crippen LogP) is 3.47. The number of benzene rings is 1. The van der Waals surface area contributed by atoms with E-state index in [1.807, 2.05) is 47.0 Å². The summed E-state index contributed by atoms with van der Waals surface area (Å²) in [6, 6.07) is 13.3. The highest BCUT2D eigenvalue weighted by molar-refractivity contribution is 8.00. The minimum atomic E-state index is -0.538. The third-order valence-electron chi connectivity index (χ3n) is 5.12. The number of carbonyl (C=O) groups is 1. The van der Waals surface area contributed by atoms with E-state index in [0.717, 1.165) is 36.8 Å². The van der Waals surface area contributed by atoms with Crippen LogP contribution in [0.2, 0.25) is 0 Å². The van der Waals surface area contributed by atoms with Gasteiger partial charge in [0, 0.05) is 13.1 Å². The SMILES string of the molecule is CC1CCCN(c2nnc(SC(C(N)=O)c3ccccc3)n2Cc2ccco2)C1. The molecule has 29 heavy (non-hydrogen) atoms. The average molecular weight is 412 g/mol. The third kappa shape index (κ3) is 4.48. The second kappa shape index (κ2) is 8.73. The largest absolute Gasteiger partial charge is 0.467 e. The topological polar surface area (TPSA) is 90.2 Å². The van der Waals surface area contributed by atoms with Gasteiger partial charge in [-0.1, -0.05) is 49.0 Å². The van der Waals surface area contributed by atoms with E-state index in [0.29, 0.717) is 17.6 Å². The lowest BCUT2D eigenvalue weighted by Gasteiger charge is -2.31. The molecule has 0 bridgehead atoms. The summed E-state index contributed by atoms with van der Waals surface area (Å²) in [6.45, 7) is 4.65. The van der Waals surface area contributed by atoms with Crippen molar-refractivity contribution in [3.8, 4) is 0 Å². The minimum Gasteiger partial charge on any atom is -0.467 e. The van der Waals surface area contributed by atoms with Crippen LogP contribution < -0.4 is 10.6 Å². The van der Waals surface area contributed by atoms with Crippen LogP contribution in [0.15, 0.2) is 58.3 Å². The van der Waals surface area contributed by atoms with Crippen LogP contribution >= 0.6 is 11.8 Å². The average Bonchev–Trinajstić information content (AvgIpc) is 3.37. The summed E-state index contributed by atoms with van der Waals surface area (Å²) in [5.74, 6) is 1.83. The fourth-order valence-corrected chi connectivity index (χ4v) is 4.68. The van der Waals surface area contributed by atoms with E-state index in [4.69, 9.17) is 10.2 Å². The quantitative estimate of drug-likeness (QED) is 0.599. The van der Waals surface area contributed by atoms with Crippen molar-refractivity contribution in [2.45, 2.75) is 36.7 Å². The van der Waals surface area contributed by atoms with E-state index in [9.17, 15) is 4.79 Å². The van der Waals surface area contributed by atoms with Crippen LogP contribution in [0.3, 0.4) is 0 Å². The zero-order chi connectivity index (χ0) is 20.2. The summed E-state index contributed by atoms with van der Waals surface area (Å²) in [4.78, 5) is 14.5. The Morgan fingerprint density at radius 2 is 2.10 bits per heavy atom. The number of rotatable bonds is 7. The Labute approximate surface area is 174 Å². The number of nitrogens with two attached hydrogens (primary N) is 1. The third-order valence-corrected chi connectivity index (χ3v) is 6.37. The molecule has 0 radical (unpaired) electrons. The Hall–Kier alpha value is -2.74. The second-order valence-electron chi connectivity index (χ2n) is 7.45. The molecule has 3 heterocycles. The van der Waals surface area contributed by atoms with Crippen molar-refractivity contribution in [2.24, 2.45) is 11.7 Å². The first-order chi connectivity index (χ1) is 14.1. The van der Waals surface area contributed by atoms with Gasteiger partial charge in [0.15, 0.2) is 5.16 Å². The zero-order valence-corrected chi connectivity index (χ0v) is 17.2. The van der Waals surface area contributed by atoms with Crippen LogP contribution in [0, 0.1) is 5.92 Å². The molecular weight excluding hydrogens is 386 g/mol. The molecule has 3 aromatic rings. The van der Waals surface area contributed by atoms with Gasteiger partial charge in [-0.15, -0.1) is 10.2 Å². The van der Waals surface area contributed by atoms with E-state index in [-0.39, 0.29) is 0 Å². The molecule has 1 amide bonds. The summed E-state index contributed by atoms with van der Waals surface area (Å²) >= 11 is 1.33. The Kier molecular flexibility index (Phi) is 5.89. The van der Waals surface area contributed by atoms with Crippen molar-refractivity contribution < 1.29 is 9.21 Å². The molecule has 8 heteroatoms. The van der Waals surface area contributed by atoms with Gasteiger partial charge >= 0.3 is 0 Å². The molecule has 7 nitrogen and oxygen atoms in total. The first-order valence-corrected chi connectivity index (χ1v) is 10.7. The van der Waals surface area contributed by atoms with Gasteiger partial charge in [0.1, 0.15) is 11.0 Å². The van der Waals surface area contributed by atoms with Crippen molar-refractivity contribution in [1.29, 1.82) is 0 Å². The van der Waals surface area contributed by atoms with Crippen LogP contribution in [0.5, 0.6) is 0 Å². The van der Waals surface area contributed by atoms with Crippen molar-refractivity contribution >= 4 is 23.6 Å². The number of primary amides is 1. The molecule has 4 rings (SSSR count). The van der Waals surface area contributed by atoms with Crippen molar-refractivity contribution in [3.05, 3.63) is 60.1 Å². The molecule has 0 spiro atoms. The molecule has 1 aliphatic rings. The molecule has 0 saturated carbocycles. The lowest BCUT2D eigenvalue weighted by atomic mass is 10.0. The highest BCUT2D eigenvalue weighted by Crippen LogP contribution is 2.36. The van der Waals surface area contributed by atoms with Crippen LogP contribution in [0.25, 0.3) is 0 Å². The number of nitrogens with zero attached hydrogens (tertiary/aromatic N) is 4. The first kappa shape index (κ1) is 19.6. The van der Waals surface area contributed by atoms with E-state index >= 15 is 0 Å². The molecule has 152 valence electrons. The summed E-state index contributed by atoms with van der Waals surface area (Å²) < 4.78 is 7.59. The van der Waals surface area contributed by atoms with Gasteiger partial charge in [-0.25, -0.2) is 0 Å². The Morgan fingerprint density at radius 3 is 2.79 bits per heavy atom. The van der Waals surface area contributed by atoms with E-state index in [1.54, 1.807) is 6.26 Å². The Bertz CT molecular complexity index is 941. The maximum atomic E-state index is 12.2. The van der Waals surface area contributed by atoms with Crippen LogP contribution in [0.4, 0.5) is 5.95 Å². The number of thioether (sulfide) groups is 1. The number of piperidine rings is 1. The molecule has 2 atom stereocenters. The van der Waals surface area contributed by atoms with Crippen molar-refractivity contribution in [2.75, 3.05) is 18.0 Å². The van der Waals surface area contributed by atoms with Crippen molar-refractivity contribution in [3.63, 3.8) is 0 Å². The van der Waals surface area contributed by atoms with Crippen LogP contribution in [-0.2, 0) is 11.3 Å². The molecule has 1 aromatic carbocycles. The van der Waals surface area contributed by atoms with E-state index in [1.165, 1.54) is 18.2 Å². The lowest BCUT2D eigenvalue weighted by molar-refractivity contribution is -0.117. The Morgan fingerprint density at radius 1 is 1.28 bits per heavy atom. The van der Waals surface area contributed by atoms with Crippen molar-refractivity contribution in [1.82, 2.24) is 14.8 Å². The summed E-state index contributed by atoms with van der Waals surface area (Å²) in [5, 5.41) is 9.03. The summed E-state index contributed by atoms with van der Waals surface area (Å²) in [6.07, 6.45) is 4.01. The number of carbonyl (C=O) groups excluding carboxylic acids is 1. The van der Waals surface area contributed by atoms with Crippen LogP contribution in [0.1, 0.15) is 36.3 Å². The van der Waals surface area contributed by atoms with Gasteiger partial charge in [-0.05, 0) is 36.5 Å². The number of aromatic nitrogens is 3.